The lowest BCUT2D eigenvalue weighted by molar-refractivity contribution is -0.120. The van der Waals surface area contributed by atoms with Crippen molar-refractivity contribution in [2.45, 2.75) is 31.8 Å². The summed E-state index contributed by atoms with van der Waals surface area (Å²) in [6.07, 6.45) is 3.26. The van der Waals surface area contributed by atoms with Gasteiger partial charge in [0.25, 0.3) is 11.8 Å². The highest BCUT2D eigenvalue weighted by atomic mass is 16.5. The topological polar surface area (TPSA) is 70.1 Å². The van der Waals surface area contributed by atoms with Gasteiger partial charge in [0.2, 0.25) is 0 Å². The van der Waals surface area contributed by atoms with Gasteiger partial charge in [-0.05, 0) is 37.0 Å². The average molecular weight is 344 g/mol. The molecule has 0 spiro atoms. The van der Waals surface area contributed by atoms with Crippen molar-refractivity contribution in [1.82, 2.24) is 4.90 Å². The van der Waals surface area contributed by atoms with E-state index < -0.39 is 5.60 Å². The maximum absolute atomic E-state index is 13.0. The van der Waals surface area contributed by atoms with E-state index in [4.69, 9.17) is 4.74 Å². The van der Waals surface area contributed by atoms with Gasteiger partial charge in [0.15, 0.2) is 6.61 Å². The Labute approximate surface area is 147 Å². The lowest BCUT2D eigenvalue weighted by Crippen LogP contribution is -2.48. The van der Waals surface area contributed by atoms with Crippen molar-refractivity contribution in [2.75, 3.05) is 31.6 Å². The number of ether oxygens (including phenoxy) is 1. The third kappa shape index (κ3) is 2.51. The van der Waals surface area contributed by atoms with Crippen LogP contribution in [0.1, 0.15) is 36.5 Å². The minimum absolute atomic E-state index is 0.0227. The summed E-state index contributed by atoms with van der Waals surface area (Å²) >= 11 is 0. The zero-order valence-corrected chi connectivity index (χ0v) is 14.7. The third-order valence-corrected chi connectivity index (χ3v) is 6.18. The van der Waals surface area contributed by atoms with Crippen LogP contribution in [-0.2, 0) is 4.79 Å². The number of nitrogens with zero attached hydrogens (tertiary/aromatic N) is 2. The Morgan fingerprint density at radius 1 is 1.36 bits per heavy atom. The monoisotopic (exact) mass is 344 g/mol. The summed E-state index contributed by atoms with van der Waals surface area (Å²) in [5, 5.41) is 11.0. The van der Waals surface area contributed by atoms with Crippen LogP contribution in [-0.4, -0.2) is 54.2 Å². The van der Waals surface area contributed by atoms with E-state index >= 15 is 0 Å². The molecule has 2 aliphatic heterocycles. The van der Waals surface area contributed by atoms with E-state index in [0.29, 0.717) is 36.0 Å². The summed E-state index contributed by atoms with van der Waals surface area (Å²) in [6, 6.07) is 5.18. The van der Waals surface area contributed by atoms with Gasteiger partial charge in [0.05, 0.1) is 17.8 Å². The van der Waals surface area contributed by atoms with E-state index in [2.05, 4.69) is 0 Å². The van der Waals surface area contributed by atoms with Crippen molar-refractivity contribution in [2.24, 2.45) is 11.8 Å². The summed E-state index contributed by atoms with van der Waals surface area (Å²) in [7, 11) is 1.69. The fourth-order valence-electron chi connectivity index (χ4n) is 4.20. The Kier molecular flexibility index (Phi) is 3.76. The number of likely N-dealkylation sites (N-methyl/N-ethyl adjacent to an activating group) is 1. The highest BCUT2D eigenvalue weighted by molar-refractivity contribution is 6.01. The van der Waals surface area contributed by atoms with Gasteiger partial charge < -0.3 is 19.6 Å². The van der Waals surface area contributed by atoms with Gasteiger partial charge in [0, 0.05) is 25.1 Å². The predicted octanol–water partition coefficient (Wildman–Crippen LogP) is 1.66. The fourth-order valence-corrected chi connectivity index (χ4v) is 4.20. The summed E-state index contributed by atoms with van der Waals surface area (Å²) in [6.45, 7) is 3.00. The zero-order chi connectivity index (χ0) is 17.8. The Morgan fingerprint density at radius 3 is 2.80 bits per heavy atom. The van der Waals surface area contributed by atoms with Crippen LogP contribution in [0.5, 0.6) is 5.75 Å². The molecule has 6 nitrogen and oxygen atoms in total. The van der Waals surface area contributed by atoms with Gasteiger partial charge in [-0.15, -0.1) is 0 Å². The molecule has 0 unspecified atom stereocenters. The predicted molar refractivity (Wildman–Crippen MR) is 92.7 cm³/mol. The number of carbonyl (C=O) groups is 2. The molecule has 3 aliphatic rings. The van der Waals surface area contributed by atoms with E-state index in [1.165, 1.54) is 11.3 Å². The molecule has 2 fully saturated rings. The first kappa shape index (κ1) is 16.4. The molecule has 25 heavy (non-hydrogen) atoms. The van der Waals surface area contributed by atoms with Gasteiger partial charge in [-0.2, -0.15) is 0 Å². The second-order valence-corrected chi connectivity index (χ2v) is 7.63. The largest absolute Gasteiger partial charge is 0.482 e. The van der Waals surface area contributed by atoms with Crippen molar-refractivity contribution >= 4 is 17.5 Å². The molecular formula is C19H24N2O4. The van der Waals surface area contributed by atoms with Crippen LogP contribution in [0.3, 0.4) is 0 Å². The molecule has 1 N–H and O–H groups in total. The maximum Gasteiger partial charge on any atom is 0.264 e. The first-order valence-corrected chi connectivity index (χ1v) is 8.95. The van der Waals surface area contributed by atoms with Gasteiger partial charge in [-0.25, -0.2) is 0 Å². The summed E-state index contributed by atoms with van der Waals surface area (Å²) in [5.74, 6) is 0.759. The Bertz CT molecular complexity index is 730. The molecule has 0 aromatic heterocycles. The number of likely N-dealkylation sites (tertiary alicyclic amines) is 1. The van der Waals surface area contributed by atoms with Crippen LogP contribution in [0.15, 0.2) is 18.2 Å². The van der Waals surface area contributed by atoms with Crippen LogP contribution in [0.4, 0.5) is 5.69 Å². The third-order valence-electron chi connectivity index (χ3n) is 6.18. The lowest BCUT2D eigenvalue weighted by Gasteiger charge is -2.41. The highest BCUT2D eigenvalue weighted by Gasteiger charge is 2.51. The molecule has 1 aromatic rings. The molecule has 1 saturated heterocycles. The number of hydrogen-bond acceptors (Lipinski definition) is 4. The van der Waals surface area contributed by atoms with E-state index in [1.54, 1.807) is 30.1 Å². The van der Waals surface area contributed by atoms with Gasteiger partial charge in [0.1, 0.15) is 5.75 Å². The second-order valence-electron chi connectivity index (χ2n) is 7.63. The van der Waals surface area contributed by atoms with Gasteiger partial charge >= 0.3 is 0 Å². The molecule has 0 bridgehead atoms. The standard InChI is InChI=1S/C19H24N2O4/c1-12-9-21(11-19(12,24)14-4-3-5-14)18(23)13-6-7-16-15(8-13)20(2)17(22)10-25-16/h6-8,12,14,24H,3-5,9-11H2,1-2H3/t12-,19+/m1/s1. The number of hydrogen-bond donors (Lipinski definition) is 1. The maximum atomic E-state index is 13.0. The molecule has 134 valence electrons. The van der Waals surface area contributed by atoms with E-state index in [-0.39, 0.29) is 24.3 Å². The second kappa shape index (κ2) is 5.73. The lowest BCUT2D eigenvalue weighted by atomic mass is 9.69. The summed E-state index contributed by atoms with van der Waals surface area (Å²) in [5.41, 5.74) is 0.371. The molecule has 6 heteroatoms. The fraction of sp³-hybridized carbons (Fsp3) is 0.579. The quantitative estimate of drug-likeness (QED) is 0.886. The van der Waals surface area contributed by atoms with E-state index in [1.807, 2.05) is 6.92 Å². The molecule has 1 aromatic carbocycles. The number of amides is 2. The van der Waals surface area contributed by atoms with Gasteiger partial charge in [-0.3, -0.25) is 9.59 Å². The van der Waals surface area contributed by atoms with Crippen molar-refractivity contribution in [3.8, 4) is 5.75 Å². The number of β-amino-alcohol motifs (C(OH)–C–C–N with tert-alkyl or cyclic N) is 1. The smallest absolute Gasteiger partial charge is 0.264 e. The van der Waals surface area contributed by atoms with Crippen molar-refractivity contribution in [1.29, 1.82) is 0 Å². The van der Waals surface area contributed by atoms with Crippen molar-refractivity contribution < 1.29 is 19.4 Å². The number of anilines is 1. The SMILES string of the molecule is C[C@@H]1CN(C(=O)c2ccc3c(c2)N(C)C(=O)CO3)C[C@@]1(O)C1CCC1. The van der Waals surface area contributed by atoms with Crippen LogP contribution in [0.2, 0.25) is 0 Å². The first-order valence-electron chi connectivity index (χ1n) is 8.95. The van der Waals surface area contributed by atoms with Gasteiger partial charge in [-0.1, -0.05) is 13.3 Å². The number of carbonyl (C=O) groups excluding carboxylic acids is 2. The van der Waals surface area contributed by atoms with Crippen molar-refractivity contribution in [3.63, 3.8) is 0 Å². The number of aliphatic hydroxyl groups is 1. The van der Waals surface area contributed by atoms with Crippen LogP contribution < -0.4 is 9.64 Å². The summed E-state index contributed by atoms with van der Waals surface area (Å²) in [4.78, 5) is 28.0. The minimum atomic E-state index is -0.766. The zero-order valence-electron chi connectivity index (χ0n) is 14.7. The number of benzene rings is 1. The minimum Gasteiger partial charge on any atom is -0.482 e. The van der Waals surface area contributed by atoms with E-state index in [0.717, 1.165) is 12.8 Å². The number of fused-ring (bicyclic) bond motifs is 1. The van der Waals surface area contributed by atoms with Crippen molar-refractivity contribution in [3.05, 3.63) is 23.8 Å². The highest BCUT2D eigenvalue weighted by Crippen LogP contribution is 2.44. The first-order chi connectivity index (χ1) is 11.9. The molecular weight excluding hydrogens is 320 g/mol. The van der Waals surface area contributed by atoms with Crippen LogP contribution >= 0.6 is 0 Å². The molecule has 2 atom stereocenters. The Balaban J connectivity index is 1.57. The molecule has 2 amide bonds. The van der Waals surface area contributed by atoms with Crippen LogP contribution in [0, 0.1) is 11.8 Å². The molecule has 0 radical (unpaired) electrons. The molecule has 2 heterocycles. The Hall–Kier alpha value is -2.08. The van der Waals surface area contributed by atoms with E-state index in [9.17, 15) is 14.7 Å². The molecule has 4 rings (SSSR count). The molecule has 1 aliphatic carbocycles. The average Bonchev–Trinajstić information content (AvgIpc) is 2.84. The Morgan fingerprint density at radius 2 is 2.12 bits per heavy atom. The normalized spacial score (nSPS) is 29.2. The van der Waals surface area contributed by atoms with Crippen LogP contribution in [0.25, 0.3) is 0 Å². The number of rotatable bonds is 2. The molecule has 1 saturated carbocycles. The summed E-state index contributed by atoms with van der Waals surface area (Å²) < 4.78 is 5.41.